The average Bonchev–Trinajstić information content (AvgIpc) is 3.10. The fourth-order valence-electron chi connectivity index (χ4n) is 3.02. The van der Waals surface area contributed by atoms with Crippen molar-refractivity contribution in [2.24, 2.45) is 0 Å². The van der Waals surface area contributed by atoms with Gasteiger partial charge in [0.05, 0.1) is 17.0 Å². The zero-order chi connectivity index (χ0) is 21.7. The molecule has 0 radical (unpaired) electrons. The van der Waals surface area contributed by atoms with Gasteiger partial charge in [0, 0.05) is 25.2 Å². The topological polar surface area (TPSA) is 108 Å². The molecule has 162 valence electrons. The van der Waals surface area contributed by atoms with Crippen molar-refractivity contribution in [2.75, 3.05) is 17.2 Å². The predicted molar refractivity (Wildman–Crippen MR) is 120 cm³/mol. The third-order valence-corrected chi connectivity index (χ3v) is 4.97. The van der Waals surface area contributed by atoms with Crippen molar-refractivity contribution >= 4 is 34.5 Å². The summed E-state index contributed by atoms with van der Waals surface area (Å²) in [5.41, 5.74) is 1.13. The zero-order valence-electron chi connectivity index (χ0n) is 17.6. The van der Waals surface area contributed by atoms with Gasteiger partial charge < -0.3 is 25.4 Å². The molecule has 3 aromatic rings. The van der Waals surface area contributed by atoms with Gasteiger partial charge in [-0.3, -0.25) is 0 Å². The summed E-state index contributed by atoms with van der Waals surface area (Å²) in [6.45, 7) is 7.05. The van der Waals surface area contributed by atoms with E-state index in [0.717, 1.165) is 31.5 Å². The predicted octanol–water partition coefficient (Wildman–Crippen LogP) is 4.17. The van der Waals surface area contributed by atoms with Crippen LogP contribution in [-0.2, 0) is 13.1 Å². The number of anilines is 2. The number of phenolic OH excluding ortho intramolecular Hbond substituents is 1. The van der Waals surface area contributed by atoms with Gasteiger partial charge in [0.25, 0.3) is 0 Å². The van der Waals surface area contributed by atoms with Crippen LogP contribution in [0.15, 0.2) is 24.5 Å². The molecule has 0 fully saturated rings. The fourth-order valence-corrected chi connectivity index (χ4v) is 3.21. The number of rotatable bonds is 10. The summed E-state index contributed by atoms with van der Waals surface area (Å²) in [7, 11) is 0. The highest BCUT2D eigenvalue weighted by Gasteiger charge is 2.17. The van der Waals surface area contributed by atoms with E-state index in [9.17, 15) is 10.2 Å². The van der Waals surface area contributed by atoms with Crippen LogP contribution in [0.3, 0.4) is 0 Å². The molecule has 9 heteroatoms. The van der Waals surface area contributed by atoms with Gasteiger partial charge in [0.2, 0.25) is 5.95 Å². The SMILES string of the molecule is CCCCCn1cnc2c(NCc3cccc(Cl)c3O)nc(NCC(C)(C)O)nc21. The van der Waals surface area contributed by atoms with Crippen LogP contribution < -0.4 is 10.6 Å². The Balaban J connectivity index is 1.90. The number of hydrogen-bond acceptors (Lipinski definition) is 7. The Morgan fingerprint density at radius 2 is 1.97 bits per heavy atom. The number of hydrogen-bond donors (Lipinski definition) is 4. The number of phenols is 1. The highest BCUT2D eigenvalue weighted by molar-refractivity contribution is 6.32. The van der Waals surface area contributed by atoms with E-state index in [4.69, 9.17) is 11.6 Å². The Labute approximate surface area is 181 Å². The van der Waals surface area contributed by atoms with Crippen LogP contribution >= 0.6 is 11.6 Å². The molecule has 0 saturated carbocycles. The second kappa shape index (κ2) is 9.49. The second-order valence-corrected chi connectivity index (χ2v) is 8.39. The number of aromatic nitrogens is 4. The maximum atomic E-state index is 10.2. The van der Waals surface area contributed by atoms with E-state index < -0.39 is 5.60 Å². The van der Waals surface area contributed by atoms with Gasteiger partial charge in [-0.05, 0) is 26.3 Å². The van der Waals surface area contributed by atoms with Gasteiger partial charge in [0.1, 0.15) is 5.75 Å². The van der Waals surface area contributed by atoms with E-state index in [1.807, 2.05) is 4.57 Å². The summed E-state index contributed by atoms with van der Waals surface area (Å²) in [4.78, 5) is 13.7. The van der Waals surface area contributed by atoms with Crippen molar-refractivity contribution in [3.8, 4) is 5.75 Å². The number of nitrogens with zero attached hydrogens (tertiary/aromatic N) is 4. The monoisotopic (exact) mass is 432 g/mol. The first-order chi connectivity index (χ1) is 14.3. The van der Waals surface area contributed by atoms with Crippen LogP contribution in [0, 0.1) is 0 Å². The smallest absolute Gasteiger partial charge is 0.226 e. The summed E-state index contributed by atoms with van der Waals surface area (Å²) in [6.07, 6.45) is 5.08. The minimum absolute atomic E-state index is 0.0439. The second-order valence-electron chi connectivity index (χ2n) is 7.98. The molecule has 8 nitrogen and oxygen atoms in total. The van der Waals surface area contributed by atoms with Gasteiger partial charge in [-0.25, -0.2) is 4.98 Å². The number of para-hydroxylation sites is 1. The average molecular weight is 433 g/mol. The van der Waals surface area contributed by atoms with Gasteiger partial charge >= 0.3 is 0 Å². The standard InChI is InChI=1S/C21H29ClN6O2/c1-4-5-6-10-28-13-25-16-18(23-11-14-8-7-9-15(22)17(14)29)26-20(27-19(16)28)24-12-21(2,3)30/h7-9,13,29-30H,4-6,10-12H2,1-3H3,(H2,23,24,26,27). The number of imidazole rings is 1. The van der Waals surface area contributed by atoms with Crippen molar-refractivity contribution in [2.45, 2.75) is 58.7 Å². The molecule has 0 atom stereocenters. The number of benzene rings is 1. The molecule has 1 aromatic carbocycles. The van der Waals surface area contributed by atoms with E-state index in [0.29, 0.717) is 41.0 Å². The van der Waals surface area contributed by atoms with Crippen LogP contribution in [0.5, 0.6) is 5.75 Å². The van der Waals surface area contributed by atoms with Gasteiger partial charge in [-0.1, -0.05) is 43.5 Å². The minimum Gasteiger partial charge on any atom is -0.506 e. The summed E-state index contributed by atoms with van der Waals surface area (Å²) in [5.74, 6) is 0.994. The number of nitrogens with one attached hydrogen (secondary N) is 2. The van der Waals surface area contributed by atoms with E-state index in [1.165, 1.54) is 0 Å². The molecule has 3 rings (SSSR count). The number of aromatic hydroxyl groups is 1. The molecule has 0 aliphatic carbocycles. The Hall–Kier alpha value is -2.58. The van der Waals surface area contributed by atoms with E-state index in [1.54, 1.807) is 38.4 Å². The molecule has 0 saturated heterocycles. The van der Waals surface area contributed by atoms with Crippen LogP contribution in [0.25, 0.3) is 11.2 Å². The molecule has 0 unspecified atom stereocenters. The molecule has 0 aliphatic heterocycles. The Bertz CT molecular complexity index is 999. The molecule has 2 aromatic heterocycles. The van der Waals surface area contributed by atoms with Gasteiger partial charge in [-0.15, -0.1) is 0 Å². The first kappa shape index (κ1) is 22.1. The van der Waals surface area contributed by atoms with Crippen LogP contribution in [0.2, 0.25) is 5.02 Å². The largest absolute Gasteiger partial charge is 0.506 e. The Kier molecular flexibility index (Phi) is 6.99. The number of halogens is 1. The Morgan fingerprint density at radius 1 is 1.17 bits per heavy atom. The molecule has 0 spiro atoms. The lowest BCUT2D eigenvalue weighted by atomic mass is 10.1. The van der Waals surface area contributed by atoms with Crippen molar-refractivity contribution in [1.82, 2.24) is 19.5 Å². The van der Waals surface area contributed by atoms with Crippen molar-refractivity contribution in [3.63, 3.8) is 0 Å². The van der Waals surface area contributed by atoms with Gasteiger partial charge in [0.15, 0.2) is 17.0 Å². The third-order valence-electron chi connectivity index (χ3n) is 4.66. The lowest BCUT2D eigenvalue weighted by molar-refractivity contribution is 0.0943. The highest BCUT2D eigenvalue weighted by Crippen LogP contribution is 2.28. The molecular formula is C21H29ClN6O2. The molecule has 0 bridgehead atoms. The first-order valence-corrected chi connectivity index (χ1v) is 10.6. The van der Waals surface area contributed by atoms with E-state index in [2.05, 4.69) is 32.5 Å². The maximum Gasteiger partial charge on any atom is 0.226 e. The maximum absolute atomic E-state index is 10.2. The third kappa shape index (κ3) is 5.52. The number of aryl methyl sites for hydroxylation is 1. The molecule has 4 N–H and O–H groups in total. The van der Waals surface area contributed by atoms with Gasteiger partial charge in [-0.2, -0.15) is 9.97 Å². The lowest BCUT2D eigenvalue weighted by Crippen LogP contribution is -2.30. The molecule has 30 heavy (non-hydrogen) atoms. The molecular weight excluding hydrogens is 404 g/mol. The van der Waals surface area contributed by atoms with Crippen molar-refractivity contribution < 1.29 is 10.2 Å². The molecule has 0 aliphatic rings. The molecule has 0 amide bonds. The summed E-state index contributed by atoms with van der Waals surface area (Å²) in [6, 6.07) is 5.22. The Morgan fingerprint density at radius 3 is 2.70 bits per heavy atom. The van der Waals surface area contributed by atoms with Crippen LogP contribution in [-0.4, -0.2) is 41.9 Å². The van der Waals surface area contributed by atoms with Crippen LogP contribution in [0.1, 0.15) is 45.6 Å². The minimum atomic E-state index is -0.903. The van der Waals surface area contributed by atoms with E-state index in [-0.39, 0.29) is 5.75 Å². The van der Waals surface area contributed by atoms with Crippen molar-refractivity contribution in [3.05, 3.63) is 35.1 Å². The number of aliphatic hydroxyl groups is 1. The highest BCUT2D eigenvalue weighted by atomic mass is 35.5. The number of fused-ring (bicyclic) bond motifs is 1. The quantitative estimate of drug-likeness (QED) is 0.356. The van der Waals surface area contributed by atoms with E-state index >= 15 is 0 Å². The lowest BCUT2D eigenvalue weighted by Gasteiger charge is -2.18. The zero-order valence-corrected chi connectivity index (χ0v) is 18.4. The van der Waals surface area contributed by atoms with Crippen molar-refractivity contribution in [1.29, 1.82) is 0 Å². The number of unbranched alkanes of at least 4 members (excludes halogenated alkanes) is 2. The van der Waals surface area contributed by atoms with Crippen LogP contribution in [0.4, 0.5) is 11.8 Å². The summed E-state index contributed by atoms with van der Waals surface area (Å²) in [5, 5.41) is 26.9. The normalized spacial score (nSPS) is 11.8. The first-order valence-electron chi connectivity index (χ1n) is 10.2. The molecule has 2 heterocycles. The summed E-state index contributed by atoms with van der Waals surface area (Å²) < 4.78 is 2.02. The summed E-state index contributed by atoms with van der Waals surface area (Å²) >= 11 is 6.01. The fraction of sp³-hybridized carbons (Fsp3) is 0.476.